The molecule has 0 spiro atoms. The Bertz CT molecular complexity index is 373. The molecule has 108 valence electrons. The van der Waals surface area contributed by atoms with Gasteiger partial charge in [0.05, 0.1) is 5.69 Å². The molecule has 0 fully saturated rings. The average molecular weight is 280 g/mol. The molecule has 0 aliphatic heterocycles. The molecule has 0 saturated carbocycles. The molecule has 1 heterocycles. The number of rotatable bonds is 6. The Kier molecular flexibility index (Phi) is 5.68. The van der Waals surface area contributed by atoms with Gasteiger partial charge in [-0.3, -0.25) is 9.97 Å². The Morgan fingerprint density at radius 3 is 2.42 bits per heavy atom. The van der Waals surface area contributed by atoms with Gasteiger partial charge in [0.15, 0.2) is 8.32 Å². The van der Waals surface area contributed by atoms with Gasteiger partial charge in [-0.25, -0.2) is 0 Å². The smallest absolute Gasteiger partial charge is 0.191 e. The van der Waals surface area contributed by atoms with E-state index in [0.717, 1.165) is 25.1 Å². The molecule has 1 atom stereocenters. The molecule has 1 rings (SSSR count). The van der Waals surface area contributed by atoms with E-state index in [4.69, 9.17) is 4.43 Å². The molecule has 1 aromatic heterocycles. The molecule has 3 nitrogen and oxygen atoms in total. The fraction of sp³-hybridized carbons (Fsp3) is 0.733. The van der Waals surface area contributed by atoms with Crippen LogP contribution in [0.2, 0.25) is 18.1 Å². The van der Waals surface area contributed by atoms with Crippen LogP contribution in [0.5, 0.6) is 0 Å². The molecular weight excluding hydrogens is 252 g/mol. The molecule has 0 saturated heterocycles. The van der Waals surface area contributed by atoms with Crippen molar-refractivity contribution in [2.24, 2.45) is 5.92 Å². The van der Waals surface area contributed by atoms with Crippen LogP contribution in [0.3, 0.4) is 0 Å². The van der Waals surface area contributed by atoms with Crippen LogP contribution in [0.4, 0.5) is 0 Å². The first-order valence-electron chi connectivity index (χ1n) is 7.15. The van der Waals surface area contributed by atoms with Crippen molar-refractivity contribution in [2.75, 3.05) is 6.61 Å². The predicted octanol–water partition coefficient (Wildman–Crippen LogP) is 4.07. The average Bonchev–Trinajstić information content (AvgIpc) is 2.34. The first kappa shape index (κ1) is 16.3. The van der Waals surface area contributed by atoms with Crippen molar-refractivity contribution >= 4 is 8.32 Å². The Morgan fingerprint density at radius 2 is 1.95 bits per heavy atom. The van der Waals surface area contributed by atoms with E-state index in [1.165, 1.54) is 0 Å². The Balaban J connectivity index is 2.54. The summed E-state index contributed by atoms with van der Waals surface area (Å²) in [5, 5.41) is 0.276. The summed E-state index contributed by atoms with van der Waals surface area (Å²) >= 11 is 0. The van der Waals surface area contributed by atoms with Crippen molar-refractivity contribution in [3.63, 3.8) is 0 Å². The van der Waals surface area contributed by atoms with E-state index in [1.807, 2.05) is 6.20 Å². The molecule has 0 bridgehead atoms. The Morgan fingerprint density at radius 1 is 1.26 bits per heavy atom. The maximum atomic E-state index is 6.31. The molecule has 0 aliphatic rings. The lowest BCUT2D eigenvalue weighted by Crippen LogP contribution is -2.42. The molecule has 0 aromatic carbocycles. The SMILES string of the molecule is CC[C@@H](CO[Si](C)(C)C(C)(C)C)Cc1cnccn1. The zero-order chi connectivity index (χ0) is 14.5. The molecule has 1 aromatic rings. The van der Waals surface area contributed by atoms with Crippen molar-refractivity contribution in [1.29, 1.82) is 0 Å². The molecule has 0 amide bonds. The number of hydrogen-bond donors (Lipinski definition) is 0. The van der Waals surface area contributed by atoms with E-state index >= 15 is 0 Å². The van der Waals surface area contributed by atoms with Crippen molar-refractivity contribution in [1.82, 2.24) is 9.97 Å². The van der Waals surface area contributed by atoms with E-state index < -0.39 is 8.32 Å². The van der Waals surface area contributed by atoms with Gasteiger partial charge in [-0.05, 0) is 30.5 Å². The summed E-state index contributed by atoms with van der Waals surface area (Å²) in [5.74, 6) is 0.533. The zero-order valence-electron chi connectivity index (χ0n) is 13.2. The lowest BCUT2D eigenvalue weighted by Gasteiger charge is -2.37. The minimum Gasteiger partial charge on any atom is -0.417 e. The Labute approximate surface area is 119 Å². The number of nitrogens with zero attached hydrogens (tertiary/aromatic N) is 2. The first-order chi connectivity index (χ1) is 8.76. The fourth-order valence-electron chi connectivity index (χ4n) is 1.59. The van der Waals surface area contributed by atoms with Crippen LogP contribution in [0.25, 0.3) is 0 Å². The highest BCUT2D eigenvalue weighted by Crippen LogP contribution is 2.37. The summed E-state index contributed by atoms with van der Waals surface area (Å²) < 4.78 is 6.31. The minimum atomic E-state index is -1.64. The lowest BCUT2D eigenvalue weighted by molar-refractivity contribution is 0.222. The molecule has 0 unspecified atom stereocenters. The summed E-state index contributed by atoms with van der Waals surface area (Å²) in [4.78, 5) is 8.48. The zero-order valence-corrected chi connectivity index (χ0v) is 14.2. The second-order valence-corrected chi connectivity index (χ2v) is 11.6. The van der Waals surface area contributed by atoms with Gasteiger partial charge in [0.1, 0.15) is 0 Å². The quantitative estimate of drug-likeness (QED) is 0.737. The summed E-state index contributed by atoms with van der Waals surface area (Å²) in [7, 11) is -1.64. The van der Waals surface area contributed by atoms with Gasteiger partial charge in [0, 0.05) is 25.2 Å². The standard InChI is InChI=1S/C15H28N2OSi/c1-7-13(10-14-11-16-8-9-17-14)12-18-19(5,6)15(2,3)4/h8-9,11,13H,7,10,12H2,1-6H3/t13-/m1/s1. The fourth-order valence-corrected chi connectivity index (χ4v) is 2.68. The third kappa shape index (κ3) is 5.03. The molecule has 0 aliphatic carbocycles. The molecule has 0 N–H and O–H groups in total. The minimum absolute atomic E-state index is 0.276. The summed E-state index contributed by atoms with van der Waals surface area (Å²) in [6, 6.07) is 0. The summed E-state index contributed by atoms with van der Waals surface area (Å²) in [6.45, 7) is 14.5. The highest BCUT2D eigenvalue weighted by atomic mass is 28.4. The monoisotopic (exact) mass is 280 g/mol. The Hall–Kier alpha value is -0.743. The van der Waals surface area contributed by atoms with Gasteiger partial charge in [-0.15, -0.1) is 0 Å². The predicted molar refractivity (Wildman–Crippen MR) is 82.7 cm³/mol. The van der Waals surface area contributed by atoms with Crippen LogP contribution >= 0.6 is 0 Å². The second-order valence-electron chi connectivity index (χ2n) is 6.75. The van der Waals surface area contributed by atoms with Gasteiger partial charge in [-0.1, -0.05) is 34.1 Å². The summed E-state index contributed by atoms with van der Waals surface area (Å²) in [6.07, 6.45) is 7.41. The normalized spacial score (nSPS) is 14.4. The van der Waals surface area contributed by atoms with E-state index in [2.05, 4.69) is 50.8 Å². The highest BCUT2D eigenvalue weighted by molar-refractivity contribution is 6.74. The molecule has 4 heteroatoms. The van der Waals surface area contributed by atoms with E-state index in [1.54, 1.807) is 12.4 Å². The van der Waals surface area contributed by atoms with Crippen LogP contribution in [0.15, 0.2) is 18.6 Å². The van der Waals surface area contributed by atoms with E-state index in [0.29, 0.717) is 5.92 Å². The van der Waals surface area contributed by atoms with Gasteiger partial charge in [0.2, 0.25) is 0 Å². The number of aromatic nitrogens is 2. The van der Waals surface area contributed by atoms with Crippen molar-refractivity contribution < 1.29 is 4.43 Å². The topological polar surface area (TPSA) is 35.0 Å². The van der Waals surface area contributed by atoms with Gasteiger partial charge in [0.25, 0.3) is 0 Å². The van der Waals surface area contributed by atoms with Crippen molar-refractivity contribution in [3.8, 4) is 0 Å². The van der Waals surface area contributed by atoms with Crippen molar-refractivity contribution in [3.05, 3.63) is 24.3 Å². The molecule has 0 radical (unpaired) electrons. The molecular formula is C15H28N2OSi. The van der Waals surface area contributed by atoms with Crippen LogP contribution in [0, 0.1) is 5.92 Å². The highest BCUT2D eigenvalue weighted by Gasteiger charge is 2.37. The van der Waals surface area contributed by atoms with Gasteiger partial charge in [-0.2, -0.15) is 0 Å². The third-order valence-corrected chi connectivity index (χ3v) is 8.68. The largest absolute Gasteiger partial charge is 0.417 e. The van der Waals surface area contributed by atoms with Crippen LogP contribution in [0.1, 0.15) is 39.8 Å². The van der Waals surface area contributed by atoms with Crippen LogP contribution in [-0.2, 0) is 10.8 Å². The maximum absolute atomic E-state index is 6.31. The third-order valence-electron chi connectivity index (χ3n) is 4.18. The molecule has 19 heavy (non-hydrogen) atoms. The second kappa shape index (κ2) is 6.62. The number of hydrogen-bond acceptors (Lipinski definition) is 3. The van der Waals surface area contributed by atoms with Gasteiger partial charge < -0.3 is 4.43 Å². The van der Waals surface area contributed by atoms with E-state index in [9.17, 15) is 0 Å². The van der Waals surface area contributed by atoms with Crippen molar-refractivity contribution in [2.45, 2.75) is 58.7 Å². The van der Waals surface area contributed by atoms with Crippen LogP contribution in [-0.4, -0.2) is 24.9 Å². The van der Waals surface area contributed by atoms with Crippen LogP contribution < -0.4 is 0 Å². The van der Waals surface area contributed by atoms with E-state index in [-0.39, 0.29) is 5.04 Å². The first-order valence-corrected chi connectivity index (χ1v) is 10.1. The maximum Gasteiger partial charge on any atom is 0.191 e. The van der Waals surface area contributed by atoms with Gasteiger partial charge >= 0.3 is 0 Å². The summed E-state index contributed by atoms with van der Waals surface area (Å²) in [5.41, 5.74) is 1.06. The lowest BCUT2D eigenvalue weighted by atomic mass is 10.0.